The number of carbonyl (C=O) groups excluding carboxylic acids is 1. The predicted octanol–water partition coefficient (Wildman–Crippen LogP) is 3.25. The summed E-state index contributed by atoms with van der Waals surface area (Å²) in [4.78, 5) is 13.5. The molecule has 1 N–H and O–H groups in total. The molecule has 1 aliphatic heterocycles. The molecule has 1 aromatic carbocycles. The number of nitrogens with one attached hydrogen (secondary N) is 1. The van der Waals surface area contributed by atoms with Crippen molar-refractivity contribution < 1.29 is 4.79 Å². The maximum Gasteiger partial charge on any atom is 0.217 e. The van der Waals surface area contributed by atoms with Gasteiger partial charge in [-0.3, -0.25) is 9.69 Å². The molecule has 0 spiro atoms. The van der Waals surface area contributed by atoms with Crippen LogP contribution < -0.4 is 5.32 Å². The zero-order valence-corrected chi connectivity index (χ0v) is 13.6. The molecule has 0 fully saturated rings. The number of amides is 1. The molecule has 118 valence electrons. The molecule has 3 heteroatoms. The van der Waals surface area contributed by atoms with Gasteiger partial charge in [-0.15, -0.1) is 0 Å². The molecular weight excluding hydrogens is 272 g/mol. The molecule has 22 heavy (non-hydrogen) atoms. The summed E-state index contributed by atoms with van der Waals surface area (Å²) in [6.45, 7) is 6.72. The fourth-order valence-electron chi connectivity index (χ4n) is 2.80. The van der Waals surface area contributed by atoms with Crippen molar-refractivity contribution in [3.8, 4) is 0 Å². The minimum absolute atomic E-state index is 0.0524. The van der Waals surface area contributed by atoms with E-state index in [0.717, 1.165) is 32.5 Å². The summed E-state index contributed by atoms with van der Waals surface area (Å²) < 4.78 is 0. The van der Waals surface area contributed by atoms with Gasteiger partial charge in [0.05, 0.1) is 0 Å². The monoisotopic (exact) mass is 298 g/mol. The molecule has 0 saturated heterocycles. The highest BCUT2D eigenvalue weighted by Gasteiger charge is 2.13. The second-order valence-electron chi connectivity index (χ2n) is 5.99. The van der Waals surface area contributed by atoms with Gasteiger partial charge in [0.15, 0.2) is 0 Å². The summed E-state index contributed by atoms with van der Waals surface area (Å²) in [6, 6.07) is 10.6. The van der Waals surface area contributed by atoms with Crippen LogP contribution in [0.4, 0.5) is 0 Å². The van der Waals surface area contributed by atoms with E-state index in [1.54, 1.807) is 6.92 Å². The van der Waals surface area contributed by atoms with Crippen LogP contribution in [-0.2, 0) is 4.79 Å². The van der Waals surface area contributed by atoms with Crippen molar-refractivity contribution in [2.75, 3.05) is 19.6 Å². The Morgan fingerprint density at radius 3 is 2.77 bits per heavy atom. The van der Waals surface area contributed by atoms with Crippen LogP contribution in [0.5, 0.6) is 0 Å². The lowest BCUT2D eigenvalue weighted by Gasteiger charge is -2.26. The van der Waals surface area contributed by atoms with Gasteiger partial charge >= 0.3 is 0 Å². The third-order valence-electron chi connectivity index (χ3n) is 3.88. The highest BCUT2D eigenvalue weighted by Crippen LogP contribution is 2.16. The number of benzene rings is 1. The quantitative estimate of drug-likeness (QED) is 0.818. The number of nitrogens with zero attached hydrogens (tertiary/aromatic N) is 1. The molecule has 1 unspecified atom stereocenters. The highest BCUT2D eigenvalue weighted by molar-refractivity contribution is 5.73. The second-order valence-corrected chi connectivity index (χ2v) is 5.99. The Labute approximate surface area is 133 Å². The smallest absolute Gasteiger partial charge is 0.217 e. The molecule has 1 aliphatic rings. The van der Waals surface area contributed by atoms with Gasteiger partial charge in [-0.1, -0.05) is 54.1 Å². The molecule has 2 rings (SSSR count). The highest BCUT2D eigenvalue weighted by atomic mass is 16.1. The van der Waals surface area contributed by atoms with Crippen molar-refractivity contribution in [1.82, 2.24) is 10.2 Å². The Bertz CT molecular complexity index is 534. The first-order valence-corrected chi connectivity index (χ1v) is 8.02. The fourth-order valence-corrected chi connectivity index (χ4v) is 2.80. The van der Waals surface area contributed by atoms with Crippen molar-refractivity contribution in [3.05, 3.63) is 53.6 Å². The molecule has 1 heterocycles. The van der Waals surface area contributed by atoms with Gasteiger partial charge in [-0.2, -0.15) is 0 Å². The van der Waals surface area contributed by atoms with E-state index in [-0.39, 0.29) is 11.9 Å². The van der Waals surface area contributed by atoms with Crippen molar-refractivity contribution in [1.29, 1.82) is 0 Å². The van der Waals surface area contributed by atoms with Gasteiger partial charge in [0.25, 0.3) is 0 Å². The van der Waals surface area contributed by atoms with Crippen LogP contribution in [0.2, 0.25) is 0 Å². The van der Waals surface area contributed by atoms with E-state index in [1.807, 2.05) is 6.07 Å². The lowest BCUT2D eigenvalue weighted by Crippen LogP contribution is -2.33. The molecular formula is C19H26N2O. The van der Waals surface area contributed by atoms with Crippen molar-refractivity contribution in [2.45, 2.75) is 32.7 Å². The number of carbonyl (C=O) groups is 1. The van der Waals surface area contributed by atoms with Crippen LogP contribution in [0.15, 0.2) is 48.1 Å². The summed E-state index contributed by atoms with van der Waals surface area (Å²) in [5.74, 6) is 0.0524. The Hall–Kier alpha value is -1.87. The molecule has 0 aliphatic carbocycles. The average molecular weight is 298 g/mol. The SMILES string of the molecule is CC(=O)NC(C)CC1=CCN(C/C=C/c2ccccc2)CC1. The zero-order valence-electron chi connectivity index (χ0n) is 13.6. The first-order chi connectivity index (χ1) is 10.6. The molecule has 0 bridgehead atoms. The Kier molecular flexibility index (Phi) is 6.41. The largest absolute Gasteiger partial charge is 0.354 e. The minimum Gasteiger partial charge on any atom is -0.354 e. The van der Waals surface area contributed by atoms with Crippen molar-refractivity contribution >= 4 is 12.0 Å². The number of hydrogen-bond acceptors (Lipinski definition) is 2. The number of rotatable bonds is 6. The van der Waals surface area contributed by atoms with Crippen LogP contribution in [0.1, 0.15) is 32.3 Å². The Balaban J connectivity index is 1.74. The molecule has 1 amide bonds. The topological polar surface area (TPSA) is 32.3 Å². The van der Waals surface area contributed by atoms with E-state index in [1.165, 1.54) is 11.1 Å². The summed E-state index contributed by atoms with van der Waals surface area (Å²) >= 11 is 0. The minimum atomic E-state index is 0.0524. The molecule has 1 aromatic rings. The van der Waals surface area contributed by atoms with Gasteiger partial charge in [0, 0.05) is 32.6 Å². The van der Waals surface area contributed by atoms with Gasteiger partial charge in [0.1, 0.15) is 0 Å². The third kappa shape index (κ3) is 5.86. The first-order valence-electron chi connectivity index (χ1n) is 8.02. The van der Waals surface area contributed by atoms with Gasteiger partial charge in [-0.25, -0.2) is 0 Å². The van der Waals surface area contributed by atoms with E-state index in [0.29, 0.717) is 0 Å². The van der Waals surface area contributed by atoms with E-state index < -0.39 is 0 Å². The van der Waals surface area contributed by atoms with E-state index >= 15 is 0 Å². The van der Waals surface area contributed by atoms with Gasteiger partial charge in [0.2, 0.25) is 5.91 Å². The zero-order chi connectivity index (χ0) is 15.8. The Morgan fingerprint density at radius 1 is 1.36 bits per heavy atom. The molecule has 0 saturated carbocycles. The number of hydrogen-bond donors (Lipinski definition) is 1. The average Bonchev–Trinajstić information content (AvgIpc) is 2.49. The third-order valence-corrected chi connectivity index (χ3v) is 3.88. The normalized spacial score (nSPS) is 17.3. The Morgan fingerprint density at radius 2 is 2.14 bits per heavy atom. The molecule has 1 atom stereocenters. The van der Waals surface area contributed by atoms with Crippen LogP contribution in [0, 0.1) is 0 Å². The molecule has 0 aromatic heterocycles. The van der Waals surface area contributed by atoms with Crippen molar-refractivity contribution in [2.24, 2.45) is 0 Å². The summed E-state index contributed by atoms with van der Waals surface area (Å²) in [7, 11) is 0. The summed E-state index contributed by atoms with van der Waals surface area (Å²) in [5.41, 5.74) is 2.71. The maximum absolute atomic E-state index is 11.0. The molecule has 0 radical (unpaired) electrons. The summed E-state index contributed by atoms with van der Waals surface area (Å²) in [5, 5.41) is 2.95. The van der Waals surface area contributed by atoms with E-state index in [4.69, 9.17) is 0 Å². The standard InChI is InChI=1S/C19H26N2O/c1-16(20-17(2)22)15-19-10-13-21(14-11-19)12-6-9-18-7-4-3-5-8-18/h3-10,16H,11-15H2,1-2H3,(H,20,22)/b9-6+. The molecule has 3 nitrogen and oxygen atoms in total. The van der Waals surface area contributed by atoms with E-state index in [9.17, 15) is 4.79 Å². The fraction of sp³-hybridized carbons (Fsp3) is 0.421. The van der Waals surface area contributed by atoms with Gasteiger partial charge < -0.3 is 5.32 Å². The summed E-state index contributed by atoms with van der Waals surface area (Å²) in [6.07, 6.45) is 8.79. The van der Waals surface area contributed by atoms with Crippen LogP contribution >= 0.6 is 0 Å². The van der Waals surface area contributed by atoms with Crippen LogP contribution in [0.3, 0.4) is 0 Å². The van der Waals surface area contributed by atoms with Crippen LogP contribution in [-0.4, -0.2) is 36.5 Å². The van der Waals surface area contributed by atoms with Crippen molar-refractivity contribution in [3.63, 3.8) is 0 Å². The first kappa shape index (κ1) is 16.5. The lowest BCUT2D eigenvalue weighted by atomic mass is 10.0. The van der Waals surface area contributed by atoms with E-state index in [2.05, 4.69) is 59.6 Å². The van der Waals surface area contributed by atoms with Gasteiger partial charge in [-0.05, 0) is 25.3 Å². The maximum atomic E-state index is 11.0. The predicted molar refractivity (Wildman–Crippen MR) is 92.5 cm³/mol. The second kappa shape index (κ2) is 8.54. The van der Waals surface area contributed by atoms with Crippen LogP contribution in [0.25, 0.3) is 6.08 Å². The lowest BCUT2D eigenvalue weighted by molar-refractivity contribution is -0.119.